The summed E-state index contributed by atoms with van der Waals surface area (Å²) in [5.41, 5.74) is 2.96. The first-order valence-corrected chi connectivity index (χ1v) is 10.4. The fraction of sp³-hybridized carbons (Fsp3) is 0.727. The number of rotatable bonds is 3. The lowest BCUT2D eigenvalue weighted by Gasteiger charge is -2.51. The van der Waals surface area contributed by atoms with E-state index in [1.807, 2.05) is 0 Å². The standard InChI is InChI=1S/C22H32N2O2/c1-14-4-7-18(25-3)21-20(14)22-9-11-24(13-16-5-6-16)15(2)17(22)8-10-23-12-19(22)26-21/h4,7,15-17,19,23H,5-6,8-13H2,1-3H3/t15?,17?,19-,22?/m0/s1. The predicted molar refractivity (Wildman–Crippen MR) is 103 cm³/mol. The van der Waals surface area contributed by atoms with E-state index >= 15 is 0 Å². The van der Waals surface area contributed by atoms with Crippen molar-refractivity contribution in [2.24, 2.45) is 11.8 Å². The average Bonchev–Trinajstić information content (AvgIpc) is 3.42. The normalized spacial score (nSPS) is 36.5. The molecule has 3 aliphatic heterocycles. The van der Waals surface area contributed by atoms with E-state index in [0.29, 0.717) is 12.0 Å². The van der Waals surface area contributed by atoms with Crippen LogP contribution in [-0.2, 0) is 5.41 Å². The van der Waals surface area contributed by atoms with Crippen molar-refractivity contribution in [1.82, 2.24) is 10.2 Å². The maximum absolute atomic E-state index is 6.62. The number of likely N-dealkylation sites (tertiary alicyclic amines) is 1. The molecule has 1 N–H and O–H groups in total. The molecule has 26 heavy (non-hydrogen) atoms. The van der Waals surface area contributed by atoms with E-state index in [0.717, 1.165) is 30.5 Å². The van der Waals surface area contributed by atoms with Gasteiger partial charge in [0.1, 0.15) is 6.10 Å². The molecule has 0 amide bonds. The van der Waals surface area contributed by atoms with E-state index in [1.54, 1.807) is 7.11 Å². The third kappa shape index (κ3) is 2.34. The molecule has 4 heteroatoms. The summed E-state index contributed by atoms with van der Waals surface area (Å²) in [7, 11) is 1.76. The number of nitrogens with one attached hydrogen (secondary N) is 1. The van der Waals surface area contributed by atoms with Gasteiger partial charge in [-0.3, -0.25) is 0 Å². The van der Waals surface area contributed by atoms with Gasteiger partial charge >= 0.3 is 0 Å². The Labute approximate surface area is 157 Å². The quantitative estimate of drug-likeness (QED) is 0.902. The Hall–Kier alpha value is -1.26. The van der Waals surface area contributed by atoms with Crippen molar-refractivity contribution < 1.29 is 9.47 Å². The average molecular weight is 357 g/mol. The monoisotopic (exact) mass is 356 g/mol. The second-order valence-corrected chi connectivity index (χ2v) is 8.96. The van der Waals surface area contributed by atoms with Crippen molar-refractivity contribution in [3.05, 3.63) is 23.3 Å². The van der Waals surface area contributed by atoms with Crippen molar-refractivity contribution in [2.75, 3.05) is 33.3 Å². The van der Waals surface area contributed by atoms with Crippen LogP contribution < -0.4 is 14.8 Å². The lowest BCUT2D eigenvalue weighted by molar-refractivity contribution is -0.00560. The molecule has 4 aliphatic rings. The number of aryl methyl sites for hydroxylation is 1. The molecule has 0 bridgehead atoms. The van der Waals surface area contributed by atoms with E-state index in [9.17, 15) is 0 Å². The summed E-state index contributed by atoms with van der Waals surface area (Å²) in [6.45, 7) is 9.29. The smallest absolute Gasteiger partial charge is 0.165 e. The molecule has 1 spiro atoms. The van der Waals surface area contributed by atoms with Crippen molar-refractivity contribution in [3.63, 3.8) is 0 Å². The Morgan fingerprint density at radius 3 is 2.92 bits per heavy atom. The fourth-order valence-electron chi connectivity index (χ4n) is 6.14. The number of nitrogens with zero attached hydrogens (tertiary/aromatic N) is 1. The minimum atomic E-state index is 0.136. The van der Waals surface area contributed by atoms with Crippen LogP contribution in [0.3, 0.4) is 0 Å². The lowest BCUT2D eigenvalue weighted by Crippen LogP contribution is -2.59. The number of hydrogen-bond acceptors (Lipinski definition) is 4. The molecular weight excluding hydrogens is 324 g/mol. The van der Waals surface area contributed by atoms with Gasteiger partial charge in [-0.05, 0) is 76.1 Å². The Kier molecular flexibility index (Phi) is 3.98. The first kappa shape index (κ1) is 16.9. The summed E-state index contributed by atoms with van der Waals surface area (Å²) in [5.74, 6) is 3.52. The summed E-state index contributed by atoms with van der Waals surface area (Å²) < 4.78 is 12.3. The summed E-state index contributed by atoms with van der Waals surface area (Å²) in [4.78, 5) is 2.78. The van der Waals surface area contributed by atoms with Crippen molar-refractivity contribution in [3.8, 4) is 11.5 Å². The lowest BCUT2D eigenvalue weighted by atomic mass is 9.59. The Morgan fingerprint density at radius 2 is 2.15 bits per heavy atom. The van der Waals surface area contributed by atoms with Gasteiger partial charge in [0, 0.05) is 30.1 Å². The first-order chi connectivity index (χ1) is 12.6. The number of fused-ring (bicyclic) bond motifs is 1. The summed E-state index contributed by atoms with van der Waals surface area (Å²) in [5, 5.41) is 3.67. The van der Waals surface area contributed by atoms with Crippen LogP contribution in [0, 0.1) is 18.8 Å². The largest absolute Gasteiger partial charge is 0.493 e. The molecule has 1 aliphatic carbocycles. The third-order valence-corrected chi connectivity index (χ3v) is 7.63. The van der Waals surface area contributed by atoms with E-state index in [2.05, 4.69) is 36.2 Å². The minimum Gasteiger partial charge on any atom is -0.493 e. The molecule has 2 saturated heterocycles. The molecule has 142 valence electrons. The highest BCUT2D eigenvalue weighted by Crippen LogP contribution is 2.58. The van der Waals surface area contributed by atoms with Crippen LogP contribution in [0.2, 0.25) is 0 Å². The van der Waals surface area contributed by atoms with Crippen molar-refractivity contribution in [2.45, 2.75) is 57.1 Å². The fourth-order valence-corrected chi connectivity index (χ4v) is 6.14. The zero-order valence-electron chi connectivity index (χ0n) is 16.4. The molecule has 3 fully saturated rings. The Bertz CT molecular complexity index is 702. The highest BCUT2D eigenvalue weighted by Gasteiger charge is 2.59. The van der Waals surface area contributed by atoms with Gasteiger partial charge in [0.2, 0.25) is 0 Å². The van der Waals surface area contributed by atoms with Crippen LogP contribution in [0.1, 0.15) is 43.7 Å². The minimum absolute atomic E-state index is 0.136. The van der Waals surface area contributed by atoms with E-state index in [-0.39, 0.29) is 11.5 Å². The SMILES string of the molecule is COc1ccc(C)c2c1O[C@H]1CNCCC3C(C)N(CC4CC4)CCC231. The highest BCUT2D eigenvalue weighted by atomic mass is 16.5. The van der Waals surface area contributed by atoms with Gasteiger partial charge in [0.05, 0.1) is 7.11 Å². The van der Waals surface area contributed by atoms with E-state index in [4.69, 9.17) is 9.47 Å². The van der Waals surface area contributed by atoms with E-state index < -0.39 is 0 Å². The summed E-state index contributed by atoms with van der Waals surface area (Å²) in [6, 6.07) is 4.92. The summed E-state index contributed by atoms with van der Waals surface area (Å²) in [6.07, 6.45) is 5.54. The van der Waals surface area contributed by atoms with Crippen LogP contribution in [0.5, 0.6) is 11.5 Å². The van der Waals surface area contributed by atoms with Gasteiger partial charge in [-0.15, -0.1) is 0 Å². The Balaban J connectivity index is 1.60. The first-order valence-electron chi connectivity index (χ1n) is 10.4. The van der Waals surface area contributed by atoms with Crippen LogP contribution in [0.25, 0.3) is 0 Å². The molecule has 1 saturated carbocycles. The number of methoxy groups -OCH3 is 1. The zero-order valence-corrected chi connectivity index (χ0v) is 16.4. The van der Waals surface area contributed by atoms with Crippen molar-refractivity contribution >= 4 is 0 Å². The van der Waals surface area contributed by atoms with Crippen LogP contribution >= 0.6 is 0 Å². The molecule has 4 nitrogen and oxygen atoms in total. The van der Waals surface area contributed by atoms with Gasteiger partial charge < -0.3 is 19.7 Å². The molecule has 3 unspecified atom stereocenters. The Morgan fingerprint density at radius 1 is 1.31 bits per heavy atom. The van der Waals surface area contributed by atoms with Crippen LogP contribution in [0.15, 0.2) is 12.1 Å². The number of hydrogen-bond donors (Lipinski definition) is 1. The van der Waals surface area contributed by atoms with Gasteiger partial charge in [0.15, 0.2) is 11.5 Å². The topological polar surface area (TPSA) is 33.7 Å². The maximum Gasteiger partial charge on any atom is 0.165 e. The number of benzene rings is 1. The number of piperidine rings is 1. The van der Waals surface area contributed by atoms with Crippen LogP contribution in [0.4, 0.5) is 0 Å². The predicted octanol–water partition coefficient (Wildman–Crippen LogP) is 3.12. The highest BCUT2D eigenvalue weighted by molar-refractivity contribution is 5.58. The van der Waals surface area contributed by atoms with E-state index in [1.165, 1.54) is 49.9 Å². The molecule has 3 heterocycles. The molecule has 0 aromatic heterocycles. The maximum atomic E-state index is 6.62. The molecule has 1 aromatic rings. The molecule has 4 atom stereocenters. The second-order valence-electron chi connectivity index (χ2n) is 8.96. The molecule has 5 rings (SSSR count). The molecule has 0 radical (unpaired) electrons. The zero-order chi connectivity index (χ0) is 17.9. The van der Waals surface area contributed by atoms with Gasteiger partial charge in [-0.2, -0.15) is 0 Å². The van der Waals surface area contributed by atoms with Gasteiger partial charge in [-0.1, -0.05) is 6.07 Å². The molecule has 1 aromatic carbocycles. The van der Waals surface area contributed by atoms with Gasteiger partial charge in [-0.25, -0.2) is 0 Å². The van der Waals surface area contributed by atoms with Crippen LogP contribution in [-0.4, -0.2) is 50.3 Å². The molecular formula is C22H32N2O2. The third-order valence-electron chi connectivity index (χ3n) is 7.63. The number of ether oxygens (including phenoxy) is 2. The second kappa shape index (κ2) is 6.13. The van der Waals surface area contributed by atoms with Gasteiger partial charge in [0.25, 0.3) is 0 Å². The summed E-state index contributed by atoms with van der Waals surface area (Å²) >= 11 is 0. The van der Waals surface area contributed by atoms with Crippen molar-refractivity contribution in [1.29, 1.82) is 0 Å².